The van der Waals surface area contributed by atoms with E-state index in [1.54, 1.807) is 0 Å². The molecule has 0 aliphatic carbocycles. The van der Waals surface area contributed by atoms with E-state index in [4.69, 9.17) is 4.99 Å². The van der Waals surface area contributed by atoms with Crippen molar-refractivity contribution in [2.24, 2.45) is 10.9 Å². The Morgan fingerprint density at radius 2 is 1.88 bits per heavy atom. The van der Waals surface area contributed by atoms with Gasteiger partial charge in [0.05, 0.1) is 5.54 Å². The molecule has 0 spiro atoms. The van der Waals surface area contributed by atoms with Gasteiger partial charge in [0.25, 0.3) is 0 Å². The van der Waals surface area contributed by atoms with Crippen LogP contribution >= 0.6 is 0 Å². The Morgan fingerprint density at radius 1 is 1.16 bits per heavy atom. The van der Waals surface area contributed by atoms with Gasteiger partial charge in [-0.2, -0.15) is 0 Å². The standard InChI is InChI=1S/C22H29N3/c1-14(2)10-18-8-9-23-21-20(18)24-13-22(6,25(21)7)19-12-15(3)11-16(4)17(19)5/h8-9,11-14H,10H2,1-7H3. The van der Waals surface area contributed by atoms with Gasteiger partial charge < -0.3 is 4.90 Å². The normalized spacial score (nSPS) is 19.4. The van der Waals surface area contributed by atoms with Crippen molar-refractivity contribution in [3.63, 3.8) is 0 Å². The second-order valence-corrected chi connectivity index (χ2v) is 7.96. The Kier molecular flexibility index (Phi) is 4.44. The van der Waals surface area contributed by atoms with Crippen molar-refractivity contribution in [3.05, 3.63) is 52.2 Å². The molecular formula is C22H29N3. The average molecular weight is 335 g/mol. The Bertz CT molecular complexity index is 835. The summed E-state index contributed by atoms with van der Waals surface area (Å²) < 4.78 is 0. The van der Waals surface area contributed by atoms with Gasteiger partial charge in [-0.3, -0.25) is 4.99 Å². The van der Waals surface area contributed by atoms with Crippen LogP contribution in [0.4, 0.5) is 11.5 Å². The van der Waals surface area contributed by atoms with E-state index in [1.807, 2.05) is 6.20 Å². The number of pyridine rings is 1. The fourth-order valence-corrected chi connectivity index (χ4v) is 3.78. The van der Waals surface area contributed by atoms with Crippen molar-refractivity contribution in [2.45, 2.75) is 53.5 Å². The van der Waals surface area contributed by atoms with Crippen LogP contribution in [0, 0.1) is 26.7 Å². The maximum Gasteiger partial charge on any atom is 0.155 e. The first kappa shape index (κ1) is 17.7. The van der Waals surface area contributed by atoms with Gasteiger partial charge in [0.15, 0.2) is 5.82 Å². The molecule has 0 bridgehead atoms. The first-order valence-electron chi connectivity index (χ1n) is 9.09. The molecule has 0 fully saturated rings. The molecule has 1 aromatic carbocycles. The third kappa shape index (κ3) is 2.97. The van der Waals surface area contributed by atoms with Crippen LogP contribution in [0.1, 0.15) is 48.6 Å². The smallest absolute Gasteiger partial charge is 0.155 e. The zero-order chi connectivity index (χ0) is 18.4. The largest absolute Gasteiger partial charge is 0.343 e. The number of hydrogen-bond donors (Lipinski definition) is 0. The molecule has 0 radical (unpaired) electrons. The second-order valence-electron chi connectivity index (χ2n) is 7.96. The van der Waals surface area contributed by atoms with Gasteiger partial charge in [-0.15, -0.1) is 0 Å². The summed E-state index contributed by atoms with van der Waals surface area (Å²) in [6.07, 6.45) is 5.04. The molecule has 0 saturated heterocycles. The van der Waals surface area contributed by atoms with Crippen LogP contribution in [-0.4, -0.2) is 18.2 Å². The minimum atomic E-state index is -0.294. The highest BCUT2D eigenvalue weighted by atomic mass is 15.3. The maximum atomic E-state index is 4.90. The molecule has 3 nitrogen and oxygen atoms in total. The van der Waals surface area contributed by atoms with Crippen molar-refractivity contribution in [1.82, 2.24) is 4.98 Å². The first-order chi connectivity index (χ1) is 11.7. The van der Waals surface area contributed by atoms with E-state index in [-0.39, 0.29) is 5.54 Å². The summed E-state index contributed by atoms with van der Waals surface area (Å²) in [7, 11) is 2.13. The van der Waals surface area contributed by atoms with Gasteiger partial charge >= 0.3 is 0 Å². The van der Waals surface area contributed by atoms with Crippen LogP contribution in [0.2, 0.25) is 0 Å². The Morgan fingerprint density at radius 3 is 2.56 bits per heavy atom. The van der Waals surface area contributed by atoms with Crippen LogP contribution in [0.15, 0.2) is 29.4 Å². The van der Waals surface area contributed by atoms with E-state index < -0.39 is 0 Å². The molecule has 132 valence electrons. The number of anilines is 1. The molecule has 0 amide bonds. The molecule has 2 heterocycles. The van der Waals surface area contributed by atoms with Gasteiger partial charge in [-0.05, 0) is 68.4 Å². The molecule has 2 aromatic rings. The van der Waals surface area contributed by atoms with E-state index in [2.05, 4.69) is 82.9 Å². The SMILES string of the molecule is Cc1cc(C)c(C)c(C2(C)C=Nc3c(CC(C)C)ccnc3N2C)c1. The predicted octanol–water partition coefficient (Wildman–Crippen LogP) is 5.27. The lowest BCUT2D eigenvalue weighted by Gasteiger charge is -2.41. The Labute approximate surface area is 151 Å². The van der Waals surface area contributed by atoms with Crippen LogP contribution in [-0.2, 0) is 12.0 Å². The van der Waals surface area contributed by atoms with Crippen molar-refractivity contribution < 1.29 is 0 Å². The van der Waals surface area contributed by atoms with Gasteiger partial charge in [-0.1, -0.05) is 31.5 Å². The van der Waals surface area contributed by atoms with Crippen molar-refractivity contribution in [1.29, 1.82) is 0 Å². The van der Waals surface area contributed by atoms with Gasteiger partial charge in [0.1, 0.15) is 5.69 Å². The number of hydrogen-bond acceptors (Lipinski definition) is 3. The topological polar surface area (TPSA) is 28.5 Å². The third-order valence-corrected chi connectivity index (χ3v) is 5.43. The Hall–Kier alpha value is -2.16. The maximum absolute atomic E-state index is 4.90. The monoisotopic (exact) mass is 335 g/mol. The van der Waals surface area contributed by atoms with E-state index in [0.29, 0.717) is 5.92 Å². The molecule has 1 unspecified atom stereocenters. The lowest BCUT2D eigenvalue weighted by Crippen LogP contribution is -2.45. The molecule has 1 aromatic heterocycles. The van der Waals surface area contributed by atoms with Gasteiger partial charge in [-0.25, -0.2) is 4.98 Å². The number of aryl methyl sites for hydroxylation is 2. The molecule has 1 aliphatic rings. The van der Waals surface area contributed by atoms with Gasteiger partial charge in [0, 0.05) is 19.5 Å². The minimum absolute atomic E-state index is 0.294. The molecule has 0 N–H and O–H groups in total. The van der Waals surface area contributed by atoms with Crippen LogP contribution < -0.4 is 4.90 Å². The molecular weight excluding hydrogens is 306 g/mol. The number of rotatable bonds is 3. The number of aliphatic imine (C=N–C) groups is 1. The zero-order valence-electron chi connectivity index (χ0n) is 16.5. The van der Waals surface area contributed by atoms with E-state index in [1.165, 1.54) is 27.8 Å². The fraction of sp³-hybridized carbons (Fsp3) is 0.455. The summed E-state index contributed by atoms with van der Waals surface area (Å²) in [6, 6.07) is 6.64. The van der Waals surface area contributed by atoms with Gasteiger partial charge in [0.2, 0.25) is 0 Å². The number of aromatic nitrogens is 1. The molecule has 3 rings (SSSR count). The summed E-state index contributed by atoms with van der Waals surface area (Å²) in [5.41, 5.74) is 7.25. The molecule has 3 heteroatoms. The molecule has 1 aliphatic heterocycles. The third-order valence-electron chi connectivity index (χ3n) is 5.43. The highest BCUT2D eigenvalue weighted by Gasteiger charge is 2.37. The highest BCUT2D eigenvalue weighted by Crippen LogP contribution is 2.42. The van der Waals surface area contributed by atoms with Crippen LogP contribution in [0.25, 0.3) is 0 Å². The van der Waals surface area contributed by atoms with E-state index >= 15 is 0 Å². The first-order valence-corrected chi connectivity index (χ1v) is 9.09. The second kappa shape index (κ2) is 6.29. The summed E-state index contributed by atoms with van der Waals surface area (Å²) in [6.45, 7) is 13.3. The average Bonchev–Trinajstić information content (AvgIpc) is 2.54. The Balaban J connectivity index is 2.14. The quantitative estimate of drug-likeness (QED) is 0.764. The predicted molar refractivity (Wildman–Crippen MR) is 107 cm³/mol. The van der Waals surface area contributed by atoms with E-state index in [0.717, 1.165) is 17.9 Å². The summed E-state index contributed by atoms with van der Waals surface area (Å²) in [5, 5.41) is 0. The van der Waals surface area contributed by atoms with Crippen molar-refractivity contribution in [2.75, 3.05) is 11.9 Å². The van der Waals surface area contributed by atoms with E-state index in [9.17, 15) is 0 Å². The lowest BCUT2D eigenvalue weighted by atomic mass is 9.84. The fourth-order valence-electron chi connectivity index (χ4n) is 3.78. The van der Waals surface area contributed by atoms with Crippen molar-refractivity contribution in [3.8, 4) is 0 Å². The van der Waals surface area contributed by atoms with Crippen LogP contribution in [0.5, 0.6) is 0 Å². The zero-order valence-corrected chi connectivity index (χ0v) is 16.5. The molecule has 25 heavy (non-hydrogen) atoms. The summed E-state index contributed by atoms with van der Waals surface area (Å²) in [4.78, 5) is 11.9. The summed E-state index contributed by atoms with van der Waals surface area (Å²) in [5.74, 6) is 1.57. The lowest BCUT2D eigenvalue weighted by molar-refractivity contribution is 0.609. The summed E-state index contributed by atoms with van der Waals surface area (Å²) >= 11 is 0. The van der Waals surface area contributed by atoms with Crippen molar-refractivity contribution >= 4 is 17.7 Å². The molecule has 0 saturated carbocycles. The number of nitrogens with zero attached hydrogens (tertiary/aromatic N) is 3. The highest BCUT2D eigenvalue weighted by molar-refractivity contribution is 5.88. The number of fused-ring (bicyclic) bond motifs is 1. The van der Waals surface area contributed by atoms with Crippen LogP contribution in [0.3, 0.4) is 0 Å². The minimum Gasteiger partial charge on any atom is -0.343 e. The number of benzene rings is 1. The molecule has 1 atom stereocenters.